The summed E-state index contributed by atoms with van der Waals surface area (Å²) in [6.45, 7) is 4.71. The van der Waals surface area contributed by atoms with Gasteiger partial charge in [0.25, 0.3) is 0 Å². The van der Waals surface area contributed by atoms with Gasteiger partial charge in [-0.2, -0.15) is 0 Å². The number of benzene rings is 1. The smallest absolute Gasteiger partial charge is 0.00762 e. The maximum absolute atomic E-state index is 5.93. The maximum atomic E-state index is 5.93. The Labute approximate surface area is 116 Å². The van der Waals surface area contributed by atoms with E-state index in [0.29, 0.717) is 10.8 Å². The maximum Gasteiger partial charge on any atom is 0.00762 e. The average molecular weight is 256 g/mol. The standard InChI is InChI=1S/C17H24N2/c18-13-17(5-6-17)15-3-1-14(2-4-15)16-7-10-19(11-8-16)12-9-16/h1-4H,5-13,18H2. The molecule has 2 N–H and O–H groups in total. The number of hydrogen-bond acceptors (Lipinski definition) is 2. The predicted octanol–water partition coefficient (Wildman–Crippen LogP) is 2.41. The van der Waals surface area contributed by atoms with Gasteiger partial charge in [0.1, 0.15) is 0 Å². The summed E-state index contributed by atoms with van der Waals surface area (Å²) in [7, 11) is 0. The van der Waals surface area contributed by atoms with Crippen LogP contribution in [-0.2, 0) is 10.8 Å². The molecular formula is C17H24N2. The van der Waals surface area contributed by atoms with Gasteiger partial charge < -0.3 is 10.6 Å². The summed E-state index contributed by atoms with van der Waals surface area (Å²) in [5.41, 5.74) is 9.83. The lowest BCUT2D eigenvalue weighted by molar-refractivity contribution is 0.0817. The second-order valence-corrected chi connectivity index (χ2v) is 6.93. The van der Waals surface area contributed by atoms with Gasteiger partial charge in [0.15, 0.2) is 0 Å². The van der Waals surface area contributed by atoms with E-state index in [-0.39, 0.29) is 0 Å². The van der Waals surface area contributed by atoms with Crippen LogP contribution in [0.4, 0.5) is 0 Å². The molecule has 3 heterocycles. The molecule has 3 aliphatic heterocycles. The normalized spacial score (nSPS) is 35.3. The molecule has 0 atom stereocenters. The highest BCUT2D eigenvalue weighted by Crippen LogP contribution is 2.48. The third-order valence-electron chi connectivity index (χ3n) is 6.07. The van der Waals surface area contributed by atoms with E-state index in [1.165, 1.54) is 57.3 Å². The summed E-state index contributed by atoms with van der Waals surface area (Å²) in [4.78, 5) is 2.61. The van der Waals surface area contributed by atoms with E-state index in [4.69, 9.17) is 5.73 Å². The average Bonchev–Trinajstić information content (AvgIpc) is 3.31. The number of nitrogens with two attached hydrogens (primary N) is 1. The number of hydrogen-bond donors (Lipinski definition) is 1. The van der Waals surface area contributed by atoms with E-state index in [2.05, 4.69) is 29.2 Å². The molecule has 1 aliphatic carbocycles. The fourth-order valence-corrected chi connectivity index (χ4v) is 4.20. The topological polar surface area (TPSA) is 29.3 Å². The lowest BCUT2D eigenvalue weighted by atomic mass is 9.67. The summed E-state index contributed by atoms with van der Waals surface area (Å²) in [6.07, 6.45) is 6.63. The van der Waals surface area contributed by atoms with E-state index in [9.17, 15) is 0 Å². The lowest BCUT2D eigenvalue weighted by Gasteiger charge is -2.49. The Bertz CT molecular complexity index is 451. The van der Waals surface area contributed by atoms with Gasteiger partial charge in [0.05, 0.1) is 0 Å². The first-order chi connectivity index (χ1) is 9.26. The molecule has 1 aromatic rings. The summed E-state index contributed by atoms with van der Waals surface area (Å²) in [6, 6.07) is 9.55. The molecule has 0 aromatic heterocycles. The zero-order valence-corrected chi connectivity index (χ0v) is 11.7. The molecule has 3 saturated heterocycles. The molecule has 1 saturated carbocycles. The first-order valence-corrected chi connectivity index (χ1v) is 7.80. The van der Waals surface area contributed by atoms with Crippen molar-refractivity contribution in [3.63, 3.8) is 0 Å². The Hall–Kier alpha value is -0.860. The molecule has 2 bridgehead atoms. The van der Waals surface area contributed by atoms with Crippen LogP contribution in [0.15, 0.2) is 24.3 Å². The number of fused-ring (bicyclic) bond motifs is 3. The summed E-state index contributed by atoms with van der Waals surface area (Å²) < 4.78 is 0. The number of piperidine rings is 3. The molecule has 1 aromatic carbocycles. The number of nitrogens with zero attached hydrogens (tertiary/aromatic N) is 1. The van der Waals surface area contributed by atoms with Gasteiger partial charge in [0.2, 0.25) is 0 Å². The zero-order chi connectivity index (χ0) is 12.9. The Morgan fingerprint density at radius 2 is 1.37 bits per heavy atom. The van der Waals surface area contributed by atoms with Gasteiger partial charge in [0, 0.05) is 12.0 Å². The zero-order valence-electron chi connectivity index (χ0n) is 11.7. The first-order valence-electron chi connectivity index (χ1n) is 7.80. The van der Waals surface area contributed by atoms with E-state index >= 15 is 0 Å². The van der Waals surface area contributed by atoms with Crippen LogP contribution in [0.5, 0.6) is 0 Å². The first kappa shape index (κ1) is 11.9. The van der Waals surface area contributed by atoms with Crippen LogP contribution in [0, 0.1) is 0 Å². The van der Waals surface area contributed by atoms with Gasteiger partial charge in [-0.1, -0.05) is 24.3 Å². The molecular weight excluding hydrogens is 232 g/mol. The summed E-state index contributed by atoms with van der Waals surface area (Å²) in [5, 5.41) is 0. The van der Waals surface area contributed by atoms with Crippen LogP contribution in [0.1, 0.15) is 43.2 Å². The quantitative estimate of drug-likeness (QED) is 0.900. The van der Waals surface area contributed by atoms with Crippen molar-refractivity contribution in [3.8, 4) is 0 Å². The van der Waals surface area contributed by atoms with Crippen LogP contribution < -0.4 is 5.73 Å². The highest BCUT2D eigenvalue weighted by atomic mass is 15.1. The van der Waals surface area contributed by atoms with Crippen LogP contribution in [-0.4, -0.2) is 31.1 Å². The van der Waals surface area contributed by atoms with Crippen molar-refractivity contribution in [3.05, 3.63) is 35.4 Å². The van der Waals surface area contributed by atoms with Crippen molar-refractivity contribution >= 4 is 0 Å². The predicted molar refractivity (Wildman–Crippen MR) is 78.4 cm³/mol. The fourth-order valence-electron chi connectivity index (χ4n) is 4.20. The Morgan fingerprint density at radius 1 is 0.842 bits per heavy atom. The second-order valence-electron chi connectivity index (χ2n) is 6.93. The Balaban J connectivity index is 1.62. The van der Waals surface area contributed by atoms with Crippen molar-refractivity contribution in [1.29, 1.82) is 0 Å². The second kappa shape index (κ2) is 4.07. The van der Waals surface area contributed by atoms with E-state index in [1.54, 1.807) is 5.56 Å². The minimum atomic E-state index is 0.339. The lowest BCUT2D eigenvalue weighted by Crippen LogP contribution is -2.50. The highest BCUT2D eigenvalue weighted by Gasteiger charge is 2.44. The van der Waals surface area contributed by atoms with Crippen molar-refractivity contribution in [1.82, 2.24) is 4.90 Å². The largest absolute Gasteiger partial charge is 0.330 e. The van der Waals surface area contributed by atoms with Crippen molar-refractivity contribution in [2.24, 2.45) is 5.73 Å². The minimum absolute atomic E-state index is 0.339. The molecule has 2 nitrogen and oxygen atoms in total. The molecule has 0 amide bonds. The Kier molecular flexibility index (Phi) is 2.55. The van der Waals surface area contributed by atoms with Crippen molar-refractivity contribution in [2.75, 3.05) is 26.2 Å². The van der Waals surface area contributed by atoms with Crippen molar-refractivity contribution in [2.45, 2.75) is 42.9 Å². The monoisotopic (exact) mass is 256 g/mol. The SMILES string of the molecule is NCC1(c2ccc(C34CCN(CC3)CC4)cc2)CC1. The van der Waals surface area contributed by atoms with E-state index in [1.807, 2.05) is 0 Å². The van der Waals surface area contributed by atoms with E-state index < -0.39 is 0 Å². The highest BCUT2D eigenvalue weighted by molar-refractivity contribution is 5.37. The molecule has 0 radical (unpaired) electrons. The minimum Gasteiger partial charge on any atom is -0.330 e. The molecule has 4 aliphatic rings. The fraction of sp³-hybridized carbons (Fsp3) is 0.647. The third kappa shape index (κ3) is 1.77. The number of rotatable bonds is 3. The van der Waals surface area contributed by atoms with Gasteiger partial charge in [-0.25, -0.2) is 0 Å². The van der Waals surface area contributed by atoms with Crippen molar-refractivity contribution < 1.29 is 0 Å². The van der Waals surface area contributed by atoms with Crippen LogP contribution in [0.25, 0.3) is 0 Å². The van der Waals surface area contributed by atoms with Crippen LogP contribution in [0.2, 0.25) is 0 Å². The van der Waals surface area contributed by atoms with Gasteiger partial charge in [-0.15, -0.1) is 0 Å². The molecule has 5 rings (SSSR count). The van der Waals surface area contributed by atoms with Gasteiger partial charge in [-0.3, -0.25) is 0 Å². The molecule has 102 valence electrons. The van der Waals surface area contributed by atoms with Gasteiger partial charge in [-0.05, 0) is 68.3 Å². The summed E-state index contributed by atoms with van der Waals surface area (Å²) >= 11 is 0. The molecule has 19 heavy (non-hydrogen) atoms. The van der Waals surface area contributed by atoms with Crippen LogP contribution >= 0.6 is 0 Å². The van der Waals surface area contributed by atoms with Crippen LogP contribution in [0.3, 0.4) is 0 Å². The molecule has 2 heteroatoms. The summed E-state index contributed by atoms with van der Waals surface area (Å²) in [5.74, 6) is 0. The van der Waals surface area contributed by atoms with Gasteiger partial charge >= 0.3 is 0 Å². The molecule has 4 fully saturated rings. The molecule has 0 spiro atoms. The Morgan fingerprint density at radius 3 is 1.84 bits per heavy atom. The third-order valence-corrected chi connectivity index (χ3v) is 6.07. The molecule has 0 unspecified atom stereocenters. The van der Waals surface area contributed by atoms with E-state index in [0.717, 1.165) is 6.54 Å².